The van der Waals surface area contributed by atoms with Gasteiger partial charge in [0.1, 0.15) is 5.69 Å². The summed E-state index contributed by atoms with van der Waals surface area (Å²) in [4.78, 5) is 15.6. The van der Waals surface area contributed by atoms with Gasteiger partial charge in [0, 0.05) is 38.8 Å². The van der Waals surface area contributed by atoms with Crippen LogP contribution in [0, 0.1) is 16.0 Å². The third-order valence-electron chi connectivity index (χ3n) is 4.56. The van der Waals surface area contributed by atoms with Crippen LogP contribution >= 0.6 is 0 Å². The van der Waals surface area contributed by atoms with Crippen molar-refractivity contribution in [3.63, 3.8) is 0 Å². The Bertz CT molecular complexity index is 517. The second-order valence-corrected chi connectivity index (χ2v) is 6.11. The molecule has 6 nitrogen and oxygen atoms in total. The van der Waals surface area contributed by atoms with Crippen LogP contribution in [0.2, 0.25) is 0 Å². The van der Waals surface area contributed by atoms with Crippen LogP contribution in [-0.2, 0) is 4.74 Å². The molecule has 3 rings (SSSR count). The number of anilines is 1. The number of nitro benzene ring substituents is 1. The Morgan fingerprint density at radius 2 is 2.00 bits per heavy atom. The number of hydrogen-bond donors (Lipinski definition) is 0. The average molecular weight is 305 g/mol. The number of piperidine rings is 1. The van der Waals surface area contributed by atoms with E-state index in [9.17, 15) is 10.1 Å². The van der Waals surface area contributed by atoms with E-state index >= 15 is 0 Å². The van der Waals surface area contributed by atoms with E-state index in [-0.39, 0.29) is 10.6 Å². The first kappa shape index (κ1) is 15.2. The minimum atomic E-state index is -0.277. The summed E-state index contributed by atoms with van der Waals surface area (Å²) in [6, 6.07) is 7.08. The molecule has 0 spiro atoms. The van der Waals surface area contributed by atoms with E-state index in [1.807, 2.05) is 12.1 Å². The summed E-state index contributed by atoms with van der Waals surface area (Å²) >= 11 is 0. The topological polar surface area (TPSA) is 58.9 Å². The van der Waals surface area contributed by atoms with Crippen LogP contribution in [0.1, 0.15) is 12.8 Å². The summed E-state index contributed by atoms with van der Waals surface area (Å²) in [5.41, 5.74) is 0.980. The highest BCUT2D eigenvalue weighted by atomic mass is 16.6. The first-order chi connectivity index (χ1) is 10.7. The second kappa shape index (κ2) is 7.07. The second-order valence-electron chi connectivity index (χ2n) is 6.11. The number of nitro groups is 1. The smallest absolute Gasteiger partial charge is 0.292 e. The summed E-state index contributed by atoms with van der Waals surface area (Å²) in [5.74, 6) is 0.576. The maximum Gasteiger partial charge on any atom is 0.292 e. The average Bonchev–Trinajstić information content (AvgIpc) is 2.56. The number of rotatable bonds is 4. The molecule has 0 amide bonds. The SMILES string of the molecule is O=[N+]([O-])c1ccccc1N1CCCC(CN2CCOCC2)C1. The van der Waals surface area contributed by atoms with Crippen molar-refractivity contribution in [2.75, 3.05) is 50.8 Å². The van der Waals surface area contributed by atoms with Gasteiger partial charge in [0.25, 0.3) is 5.69 Å². The molecule has 22 heavy (non-hydrogen) atoms. The molecule has 2 heterocycles. The van der Waals surface area contributed by atoms with E-state index in [2.05, 4.69) is 9.80 Å². The third-order valence-corrected chi connectivity index (χ3v) is 4.56. The zero-order valence-electron chi connectivity index (χ0n) is 12.8. The molecule has 120 valence electrons. The molecule has 0 N–H and O–H groups in total. The summed E-state index contributed by atoms with van der Waals surface area (Å²) in [6.07, 6.45) is 2.30. The molecule has 1 aromatic rings. The first-order valence-corrected chi connectivity index (χ1v) is 8.02. The Labute approximate surface area is 130 Å². The van der Waals surface area contributed by atoms with Crippen LogP contribution in [0.3, 0.4) is 0 Å². The van der Waals surface area contributed by atoms with Crippen LogP contribution in [0.5, 0.6) is 0 Å². The summed E-state index contributed by atoms with van der Waals surface area (Å²) in [6.45, 7) is 6.53. The van der Waals surface area contributed by atoms with Gasteiger partial charge in [0.05, 0.1) is 18.1 Å². The Kier molecular flexibility index (Phi) is 4.90. The fourth-order valence-electron chi connectivity index (χ4n) is 3.47. The molecule has 0 aromatic heterocycles. The van der Waals surface area contributed by atoms with E-state index in [0.717, 1.165) is 58.0 Å². The van der Waals surface area contributed by atoms with Crippen molar-refractivity contribution in [1.82, 2.24) is 4.90 Å². The van der Waals surface area contributed by atoms with Crippen molar-refractivity contribution in [2.24, 2.45) is 5.92 Å². The lowest BCUT2D eigenvalue weighted by molar-refractivity contribution is -0.384. The molecule has 2 aliphatic heterocycles. The van der Waals surface area contributed by atoms with Gasteiger partial charge >= 0.3 is 0 Å². The number of hydrogen-bond acceptors (Lipinski definition) is 5. The van der Waals surface area contributed by atoms with E-state index in [0.29, 0.717) is 5.92 Å². The van der Waals surface area contributed by atoms with Crippen LogP contribution < -0.4 is 4.90 Å². The third kappa shape index (κ3) is 3.56. The zero-order valence-corrected chi connectivity index (χ0v) is 12.8. The van der Waals surface area contributed by atoms with Crippen molar-refractivity contribution >= 4 is 11.4 Å². The normalized spacial score (nSPS) is 23.5. The molecule has 0 bridgehead atoms. The van der Waals surface area contributed by atoms with E-state index in [1.165, 1.54) is 6.42 Å². The van der Waals surface area contributed by atoms with Crippen molar-refractivity contribution in [1.29, 1.82) is 0 Å². The van der Waals surface area contributed by atoms with Crippen LogP contribution in [0.25, 0.3) is 0 Å². The van der Waals surface area contributed by atoms with Crippen molar-refractivity contribution in [3.05, 3.63) is 34.4 Å². The summed E-state index contributed by atoms with van der Waals surface area (Å²) < 4.78 is 5.39. The van der Waals surface area contributed by atoms with Gasteiger partial charge in [-0.3, -0.25) is 15.0 Å². The number of ether oxygens (including phenoxy) is 1. The minimum Gasteiger partial charge on any atom is -0.379 e. The van der Waals surface area contributed by atoms with Gasteiger partial charge in [-0.15, -0.1) is 0 Å². The molecule has 1 unspecified atom stereocenters. The maximum atomic E-state index is 11.2. The predicted octanol–water partition coefficient (Wildman–Crippen LogP) is 2.14. The molecule has 0 radical (unpaired) electrons. The quantitative estimate of drug-likeness (QED) is 0.630. The molecule has 0 aliphatic carbocycles. The van der Waals surface area contributed by atoms with Crippen molar-refractivity contribution < 1.29 is 9.66 Å². The zero-order chi connectivity index (χ0) is 15.4. The molecule has 0 saturated carbocycles. The lowest BCUT2D eigenvalue weighted by atomic mass is 9.96. The van der Waals surface area contributed by atoms with Crippen LogP contribution in [0.4, 0.5) is 11.4 Å². The highest BCUT2D eigenvalue weighted by molar-refractivity contribution is 5.63. The van der Waals surface area contributed by atoms with Gasteiger partial charge in [0.15, 0.2) is 0 Å². The summed E-state index contributed by atoms with van der Waals surface area (Å²) in [7, 11) is 0. The molecule has 1 aromatic carbocycles. The Balaban J connectivity index is 1.66. The molecular weight excluding hydrogens is 282 g/mol. The lowest BCUT2D eigenvalue weighted by Gasteiger charge is -2.37. The highest BCUT2D eigenvalue weighted by Gasteiger charge is 2.26. The fourth-order valence-corrected chi connectivity index (χ4v) is 3.47. The number of nitrogens with zero attached hydrogens (tertiary/aromatic N) is 3. The highest BCUT2D eigenvalue weighted by Crippen LogP contribution is 2.31. The van der Waals surface area contributed by atoms with E-state index in [1.54, 1.807) is 12.1 Å². The largest absolute Gasteiger partial charge is 0.379 e. The number of morpholine rings is 1. The molecular formula is C16H23N3O3. The Morgan fingerprint density at radius 1 is 1.23 bits per heavy atom. The van der Waals surface area contributed by atoms with Gasteiger partial charge < -0.3 is 9.64 Å². The van der Waals surface area contributed by atoms with Gasteiger partial charge in [0.2, 0.25) is 0 Å². The lowest BCUT2D eigenvalue weighted by Crippen LogP contribution is -2.44. The monoisotopic (exact) mass is 305 g/mol. The van der Waals surface area contributed by atoms with E-state index in [4.69, 9.17) is 4.74 Å². The maximum absolute atomic E-state index is 11.2. The first-order valence-electron chi connectivity index (χ1n) is 8.02. The summed E-state index contributed by atoms with van der Waals surface area (Å²) in [5, 5.41) is 11.2. The van der Waals surface area contributed by atoms with Crippen LogP contribution in [0.15, 0.2) is 24.3 Å². The molecule has 2 saturated heterocycles. The molecule has 1 atom stereocenters. The van der Waals surface area contributed by atoms with Crippen molar-refractivity contribution in [2.45, 2.75) is 12.8 Å². The van der Waals surface area contributed by atoms with Gasteiger partial charge in [-0.05, 0) is 24.8 Å². The minimum absolute atomic E-state index is 0.217. The molecule has 2 fully saturated rings. The fraction of sp³-hybridized carbons (Fsp3) is 0.625. The predicted molar refractivity (Wildman–Crippen MR) is 85.3 cm³/mol. The number of para-hydroxylation sites is 2. The Hall–Kier alpha value is -1.66. The van der Waals surface area contributed by atoms with Crippen LogP contribution in [-0.4, -0.2) is 55.8 Å². The van der Waals surface area contributed by atoms with Gasteiger partial charge in [-0.2, -0.15) is 0 Å². The van der Waals surface area contributed by atoms with E-state index < -0.39 is 0 Å². The van der Waals surface area contributed by atoms with Crippen molar-refractivity contribution in [3.8, 4) is 0 Å². The molecule has 2 aliphatic rings. The molecule has 6 heteroatoms. The van der Waals surface area contributed by atoms with Gasteiger partial charge in [-0.25, -0.2) is 0 Å². The van der Waals surface area contributed by atoms with Gasteiger partial charge in [-0.1, -0.05) is 12.1 Å². The number of benzene rings is 1. The Morgan fingerprint density at radius 3 is 2.77 bits per heavy atom. The standard InChI is InChI=1S/C16H23N3O3/c20-19(21)16-6-2-1-5-15(16)18-7-3-4-14(13-18)12-17-8-10-22-11-9-17/h1-2,5-6,14H,3-4,7-13H2.